The summed E-state index contributed by atoms with van der Waals surface area (Å²) < 4.78 is 0. The summed E-state index contributed by atoms with van der Waals surface area (Å²) in [5.74, 6) is -0.385. The molecule has 3 nitrogen and oxygen atoms in total. The first-order chi connectivity index (χ1) is 6.00. The van der Waals surface area contributed by atoms with Crippen LogP contribution in [0.25, 0.3) is 0 Å². The molecule has 0 aliphatic carbocycles. The van der Waals surface area contributed by atoms with Crippen molar-refractivity contribution in [2.75, 3.05) is 0 Å². The summed E-state index contributed by atoms with van der Waals surface area (Å²) in [4.78, 5) is 15.8. The molecular formula is C9H13NO2S. The molecule has 1 aromatic heterocycles. The number of rotatable bonds is 3. The van der Waals surface area contributed by atoms with E-state index in [1.54, 1.807) is 0 Å². The first-order valence-corrected chi connectivity index (χ1v) is 5.00. The van der Waals surface area contributed by atoms with E-state index in [1.807, 2.05) is 6.92 Å². The molecule has 0 radical (unpaired) electrons. The normalized spacial score (nSPS) is 10.8. The number of aryl methyl sites for hydroxylation is 1. The van der Waals surface area contributed by atoms with Gasteiger partial charge < -0.3 is 5.11 Å². The van der Waals surface area contributed by atoms with Gasteiger partial charge in [0, 0.05) is 4.88 Å². The first-order valence-electron chi connectivity index (χ1n) is 4.18. The lowest BCUT2D eigenvalue weighted by Gasteiger charge is -1.99. The molecule has 1 aromatic rings. The van der Waals surface area contributed by atoms with Crippen molar-refractivity contribution in [3.8, 4) is 0 Å². The zero-order valence-corrected chi connectivity index (χ0v) is 8.81. The van der Waals surface area contributed by atoms with E-state index < -0.39 is 5.97 Å². The second-order valence-electron chi connectivity index (χ2n) is 3.28. The van der Waals surface area contributed by atoms with Crippen molar-refractivity contribution in [3.63, 3.8) is 0 Å². The Morgan fingerprint density at radius 3 is 2.62 bits per heavy atom. The van der Waals surface area contributed by atoms with Gasteiger partial charge in [0.2, 0.25) is 0 Å². The smallest absolute Gasteiger partial charge is 0.310 e. The topological polar surface area (TPSA) is 50.2 Å². The Bertz CT molecular complexity index is 317. The predicted octanol–water partition coefficient (Wildman–Crippen LogP) is 2.20. The van der Waals surface area contributed by atoms with Gasteiger partial charge >= 0.3 is 5.97 Å². The summed E-state index contributed by atoms with van der Waals surface area (Å²) in [6.45, 7) is 6.10. The van der Waals surface area contributed by atoms with Crippen molar-refractivity contribution in [2.45, 2.75) is 33.1 Å². The number of carboxylic acids is 1. The van der Waals surface area contributed by atoms with Crippen molar-refractivity contribution in [1.82, 2.24) is 4.98 Å². The summed E-state index contributed by atoms with van der Waals surface area (Å²) in [6.07, 6.45) is 0.0399. The Hall–Kier alpha value is -0.900. The molecule has 1 rings (SSSR count). The Balaban J connectivity index is 2.88. The highest BCUT2D eigenvalue weighted by Gasteiger charge is 2.12. The van der Waals surface area contributed by atoms with Gasteiger partial charge in [0.05, 0.1) is 12.1 Å². The van der Waals surface area contributed by atoms with E-state index >= 15 is 0 Å². The van der Waals surface area contributed by atoms with E-state index in [9.17, 15) is 4.79 Å². The van der Waals surface area contributed by atoms with E-state index in [0.29, 0.717) is 10.9 Å². The van der Waals surface area contributed by atoms with Crippen LogP contribution in [0.2, 0.25) is 0 Å². The Morgan fingerprint density at radius 1 is 1.62 bits per heavy atom. The van der Waals surface area contributed by atoms with Gasteiger partial charge in [0.15, 0.2) is 0 Å². The minimum Gasteiger partial charge on any atom is -0.481 e. The van der Waals surface area contributed by atoms with E-state index in [-0.39, 0.29) is 6.42 Å². The van der Waals surface area contributed by atoms with E-state index in [2.05, 4.69) is 18.8 Å². The number of thiazole rings is 1. The third-order valence-electron chi connectivity index (χ3n) is 1.70. The Kier molecular flexibility index (Phi) is 3.03. The number of aliphatic carboxylic acids is 1. The largest absolute Gasteiger partial charge is 0.481 e. The number of hydrogen-bond acceptors (Lipinski definition) is 3. The van der Waals surface area contributed by atoms with Crippen LogP contribution in [0.15, 0.2) is 0 Å². The summed E-state index contributed by atoms with van der Waals surface area (Å²) in [6, 6.07) is 0. The highest BCUT2D eigenvalue weighted by molar-refractivity contribution is 7.11. The van der Waals surface area contributed by atoms with Crippen molar-refractivity contribution in [1.29, 1.82) is 0 Å². The zero-order chi connectivity index (χ0) is 10.0. The highest BCUT2D eigenvalue weighted by atomic mass is 32.1. The number of aromatic nitrogens is 1. The molecule has 0 fully saturated rings. The lowest BCUT2D eigenvalue weighted by atomic mass is 10.1. The maximum Gasteiger partial charge on any atom is 0.310 e. The third kappa shape index (κ3) is 2.52. The lowest BCUT2D eigenvalue weighted by Crippen LogP contribution is -1.98. The molecule has 0 aromatic carbocycles. The summed E-state index contributed by atoms with van der Waals surface area (Å²) in [5.41, 5.74) is 0.969. The van der Waals surface area contributed by atoms with E-state index in [1.165, 1.54) is 16.2 Å². The Labute approximate surface area is 81.4 Å². The van der Waals surface area contributed by atoms with Crippen LogP contribution in [0.5, 0.6) is 0 Å². The van der Waals surface area contributed by atoms with Crippen LogP contribution in [0.3, 0.4) is 0 Å². The second-order valence-corrected chi connectivity index (χ2v) is 4.40. The first kappa shape index (κ1) is 10.2. The molecule has 1 N–H and O–H groups in total. The molecule has 0 amide bonds. The number of hydrogen-bond donors (Lipinski definition) is 1. The highest BCUT2D eigenvalue weighted by Crippen LogP contribution is 2.26. The van der Waals surface area contributed by atoms with Crippen LogP contribution < -0.4 is 0 Å². The van der Waals surface area contributed by atoms with Gasteiger partial charge in [-0.25, -0.2) is 4.98 Å². The zero-order valence-electron chi connectivity index (χ0n) is 8.00. The quantitative estimate of drug-likeness (QED) is 0.811. The average molecular weight is 199 g/mol. The van der Waals surface area contributed by atoms with Crippen molar-refractivity contribution in [3.05, 3.63) is 15.6 Å². The number of carbonyl (C=O) groups is 1. The molecule has 0 saturated heterocycles. The molecule has 0 bridgehead atoms. The van der Waals surface area contributed by atoms with Crippen molar-refractivity contribution in [2.24, 2.45) is 0 Å². The molecule has 0 aliphatic heterocycles. The fourth-order valence-electron chi connectivity index (χ4n) is 1.21. The van der Waals surface area contributed by atoms with Crippen LogP contribution >= 0.6 is 11.3 Å². The van der Waals surface area contributed by atoms with Crippen LogP contribution in [0.4, 0.5) is 0 Å². The van der Waals surface area contributed by atoms with Crippen LogP contribution in [0, 0.1) is 6.92 Å². The molecule has 0 aliphatic rings. The summed E-state index contributed by atoms with van der Waals surface area (Å²) in [5, 5.41) is 9.27. The summed E-state index contributed by atoms with van der Waals surface area (Å²) >= 11 is 1.50. The van der Waals surface area contributed by atoms with Crippen molar-refractivity contribution >= 4 is 17.3 Å². The molecular weight excluding hydrogens is 186 g/mol. The predicted molar refractivity (Wildman–Crippen MR) is 52.3 cm³/mol. The summed E-state index contributed by atoms with van der Waals surface area (Å²) in [7, 11) is 0. The molecule has 1 heterocycles. The molecule has 13 heavy (non-hydrogen) atoms. The van der Waals surface area contributed by atoms with Gasteiger partial charge in [-0.1, -0.05) is 13.8 Å². The third-order valence-corrected chi connectivity index (χ3v) is 3.16. The molecule has 0 atom stereocenters. The SMILES string of the molecule is Cc1nc(CC(=O)O)sc1C(C)C. The van der Waals surface area contributed by atoms with Crippen LogP contribution in [-0.2, 0) is 11.2 Å². The number of carboxylic acid groups (broad SMARTS) is 1. The van der Waals surface area contributed by atoms with Gasteiger partial charge in [-0.05, 0) is 12.8 Å². The minimum atomic E-state index is -0.816. The van der Waals surface area contributed by atoms with E-state index in [4.69, 9.17) is 5.11 Å². The van der Waals surface area contributed by atoms with Crippen LogP contribution in [-0.4, -0.2) is 16.1 Å². The maximum absolute atomic E-state index is 10.4. The lowest BCUT2D eigenvalue weighted by molar-refractivity contribution is -0.136. The molecule has 0 spiro atoms. The monoisotopic (exact) mass is 199 g/mol. The minimum absolute atomic E-state index is 0.0399. The van der Waals surface area contributed by atoms with Crippen molar-refractivity contribution < 1.29 is 9.90 Å². The maximum atomic E-state index is 10.4. The fraction of sp³-hybridized carbons (Fsp3) is 0.556. The molecule has 4 heteroatoms. The van der Waals surface area contributed by atoms with Gasteiger partial charge in [-0.2, -0.15) is 0 Å². The van der Waals surface area contributed by atoms with E-state index in [0.717, 1.165) is 5.69 Å². The number of nitrogens with zero attached hydrogens (tertiary/aromatic N) is 1. The van der Waals surface area contributed by atoms with Gasteiger partial charge in [-0.15, -0.1) is 11.3 Å². The Morgan fingerprint density at radius 2 is 2.23 bits per heavy atom. The standard InChI is InChI=1S/C9H13NO2S/c1-5(2)9-6(3)10-7(13-9)4-8(11)12/h5H,4H2,1-3H3,(H,11,12). The second kappa shape index (κ2) is 3.87. The van der Waals surface area contributed by atoms with Crippen LogP contribution in [0.1, 0.15) is 35.3 Å². The van der Waals surface area contributed by atoms with Gasteiger partial charge in [0.25, 0.3) is 0 Å². The van der Waals surface area contributed by atoms with Gasteiger partial charge in [-0.3, -0.25) is 4.79 Å². The molecule has 72 valence electrons. The average Bonchev–Trinajstić information content (AvgIpc) is 2.29. The molecule has 0 saturated carbocycles. The fourth-order valence-corrected chi connectivity index (χ4v) is 2.27. The van der Waals surface area contributed by atoms with Gasteiger partial charge in [0.1, 0.15) is 5.01 Å². The molecule has 0 unspecified atom stereocenters.